The number of fused-ring (bicyclic) bond motifs is 1. The molecule has 1 heterocycles. The SMILES string of the molecule is Cc1cccc([N+](=O)[O-])c1S(=O)(=O)Nc1ccc2oc(=O)ccc2c1. The molecule has 9 heteroatoms. The van der Waals surface area contributed by atoms with Crippen LogP contribution in [0.15, 0.2) is 62.6 Å². The van der Waals surface area contributed by atoms with E-state index in [-0.39, 0.29) is 16.1 Å². The highest BCUT2D eigenvalue weighted by Gasteiger charge is 2.27. The van der Waals surface area contributed by atoms with Gasteiger partial charge in [-0.1, -0.05) is 12.1 Å². The molecule has 3 aromatic rings. The van der Waals surface area contributed by atoms with E-state index in [2.05, 4.69) is 4.72 Å². The molecule has 0 aliphatic heterocycles. The van der Waals surface area contributed by atoms with Crippen LogP contribution in [0.1, 0.15) is 5.56 Å². The molecule has 0 radical (unpaired) electrons. The lowest BCUT2D eigenvalue weighted by molar-refractivity contribution is -0.387. The Morgan fingerprint density at radius 1 is 1.12 bits per heavy atom. The number of nitrogens with zero attached hydrogens (tertiary/aromatic N) is 1. The first-order valence-electron chi connectivity index (χ1n) is 7.09. The minimum Gasteiger partial charge on any atom is -0.423 e. The first kappa shape index (κ1) is 16.7. The van der Waals surface area contributed by atoms with Gasteiger partial charge in [-0.2, -0.15) is 0 Å². The van der Waals surface area contributed by atoms with Gasteiger partial charge in [0.1, 0.15) is 5.58 Å². The van der Waals surface area contributed by atoms with E-state index in [4.69, 9.17) is 4.42 Å². The van der Waals surface area contributed by atoms with E-state index >= 15 is 0 Å². The van der Waals surface area contributed by atoms with E-state index in [1.54, 1.807) is 0 Å². The Balaban J connectivity index is 2.07. The van der Waals surface area contributed by atoms with Gasteiger partial charge in [0.2, 0.25) is 0 Å². The predicted molar refractivity (Wildman–Crippen MR) is 91.1 cm³/mol. The summed E-state index contributed by atoms with van der Waals surface area (Å²) in [6.07, 6.45) is 0. The number of nitro groups is 1. The van der Waals surface area contributed by atoms with Gasteiger partial charge in [-0.25, -0.2) is 13.2 Å². The molecular formula is C16H12N2O6S. The van der Waals surface area contributed by atoms with Crippen LogP contribution in [0, 0.1) is 17.0 Å². The summed E-state index contributed by atoms with van der Waals surface area (Å²) in [7, 11) is -4.18. The smallest absolute Gasteiger partial charge is 0.336 e. The van der Waals surface area contributed by atoms with Crippen molar-refractivity contribution in [3.05, 3.63) is 74.6 Å². The molecule has 0 aliphatic rings. The number of hydrogen-bond acceptors (Lipinski definition) is 6. The maximum absolute atomic E-state index is 12.6. The molecule has 0 amide bonds. The summed E-state index contributed by atoms with van der Waals surface area (Å²) in [6.45, 7) is 1.48. The zero-order chi connectivity index (χ0) is 18.2. The third-order valence-electron chi connectivity index (χ3n) is 3.53. The molecule has 1 N–H and O–H groups in total. The quantitative estimate of drug-likeness (QED) is 0.434. The molecule has 8 nitrogen and oxygen atoms in total. The second kappa shape index (κ2) is 6.02. The fourth-order valence-electron chi connectivity index (χ4n) is 2.47. The number of rotatable bonds is 4. The van der Waals surface area contributed by atoms with E-state index in [9.17, 15) is 23.3 Å². The highest BCUT2D eigenvalue weighted by atomic mass is 32.2. The van der Waals surface area contributed by atoms with Crippen molar-refractivity contribution in [2.45, 2.75) is 11.8 Å². The number of anilines is 1. The summed E-state index contributed by atoms with van der Waals surface area (Å²) in [4.78, 5) is 21.2. The molecular weight excluding hydrogens is 348 g/mol. The van der Waals surface area contributed by atoms with Gasteiger partial charge in [0.15, 0.2) is 4.90 Å². The van der Waals surface area contributed by atoms with Gasteiger partial charge in [0.25, 0.3) is 15.7 Å². The molecule has 0 saturated carbocycles. The summed E-state index contributed by atoms with van der Waals surface area (Å²) >= 11 is 0. The highest BCUT2D eigenvalue weighted by molar-refractivity contribution is 7.93. The van der Waals surface area contributed by atoms with Crippen molar-refractivity contribution >= 4 is 32.4 Å². The predicted octanol–water partition coefficient (Wildman–Crippen LogP) is 2.81. The first-order chi connectivity index (χ1) is 11.8. The number of nitrogens with one attached hydrogen (secondary N) is 1. The Bertz CT molecular complexity index is 1150. The third-order valence-corrected chi connectivity index (χ3v) is 5.10. The summed E-state index contributed by atoms with van der Waals surface area (Å²) in [5, 5.41) is 11.7. The minimum absolute atomic E-state index is 0.193. The van der Waals surface area contributed by atoms with Gasteiger partial charge in [-0.3, -0.25) is 14.8 Å². The molecule has 1 aromatic heterocycles. The number of benzene rings is 2. The lowest BCUT2D eigenvalue weighted by Gasteiger charge is -2.11. The van der Waals surface area contributed by atoms with Crippen LogP contribution in [0.5, 0.6) is 0 Å². The van der Waals surface area contributed by atoms with Crippen molar-refractivity contribution < 1.29 is 17.8 Å². The molecule has 0 saturated heterocycles. The van der Waals surface area contributed by atoms with E-state index in [1.165, 1.54) is 49.4 Å². The fraction of sp³-hybridized carbons (Fsp3) is 0.0625. The van der Waals surface area contributed by atoms with Crippen LogP contribution < -0.4 is 10.3 Å². The average Bonchev–Trinajstić information content (AvgIpc) is 2.54. The number of nitro benzene ring substituents is 1. The van der Waals surface area contributed by atoms with Crippen LogP contribution in [0.3, 0.4) is 0 Å². The Kier molecular flexibility index (Phi) is 4.01. The van der Waals surface area contributed by atoms with Crippen molar-refractivity contribution in [2.24, 2.45) is 0 Å². The monoisotopic (exact) mass is 360 g/mol. The second-order valence-corrected chi connectivity index (χ2v) is 6.91. The van der Waals surface area contributed by atoms with Gasteiger partial charge in [0, 0.05) is 23.2 Å². The summed E-state index contributed by atoms with van der Waals surface area (Å²) < 4.78 is 32.6. The van der Waals surface area contributed by atoms with E-state index in [0.717, 1.165) is 6.07 Å². The van der Waals surface area contributed by atoms with Crippen LogP contribution in [0.4, 0.5) is 11.4 Å². The minimum atomic E-state index is -4.18. The Labute approximate surface area is 141 Å². The zero-order valence-electron chi connectivity index (χ0n) is 12.9. The maximum atomic E-state index is 12.6. The van der Waals surface area contributed by atoms with Crippen molar-refractivity contribution in [3.8, 4) is 0 Å². The Hall–Kier alpha value is -3.20. The lowest BCUT2D eigenvalue weighted by Crippen LogP contribution is -2.16. The van der Waals surface area contributed by atoms with Crippen LogP contribution in [-0.2, 0) is 10.0 Å². The molecule has 0 spiro atoms. The molecule has 128 valence electrons. The van der Waals surface area contributed by atoms with Crippen LogP contribution in [0.25, 0.3) is 11.0 Å². The summed E-state index contributed by atoms with van der Waals surface area (Å²) in [5.74, 6) is 0. The molecule has 2 aromatic carbocycles. The molecule has 0 bridgehead atoms. The zero-order valence-corrected chi connectivity index (χ0v) is 13.7. The van der Waals surface area contributed by atoms with Gasteiger partial charge < -0.3 is 4.42 Å². The largest absolute Gasteiger partial charge is 0.423 e. The van der Waals surface area contributed by atoms with Crippen LogP contribution >= 0.6 is 0 Å². The lowest BCUT2D eigenvalue weighted by atomic mass is 10.2. The van der Waals surface area contributed by atoms with Crippen LogP contribution in [0.2, 0.25) is 0 Å². The molecule has 0 fully saturated rings. The van der Waals surface area contributed by atoms with Gasteiger partial charge in [-0.15, -0.1) is 0 Å². The van der Waals surface area contributed by atoms with Crippen molar-refractivity contribution in [2.75, 3.05) is 4.72 Å². The van der Waals surface area contributed by atoms with Crippen LogP contribution in [-0.4, -0.2) is 13.3 Å². The topological polar surface area (TPSA) is 120 Å². The average molecular weight is 360 g/mol. The first-order valence-corrected chi connectivity index (χ1v) is 8.57. The number of aryl methyl sites for hydroxylation is 1. The third kappa shape index (κ3) is 3.22. The Morgan fingerprint density at radius 2 is 1.88 bits per heavy atom. The normalized spacial score (nSPS) is 11.4. The maximum Gasteiger partial charge on any atom is 0.336 e. The van der Waals surface area contributed by atoms with Gasteiger partial charge in [-0.05, 0) is 36.8 Å². The number of hydrogen-bond donors (Lipinski definition) is 1. The fourth-order valence-corrected chi connectivity index (χ4v) is 3.92. The van der Waals surface area contributed by atoms with Crippen molar-refractivity contribution in [1.82, 2.24) is 0 Å². The second-order valence-electron chi connectivity index (χ2n) is 5.29. The van der Waals surface area contributed by atoms with Crippen molar-refractivity contribution in [3.63, 3.8) is 0 Å². The number of sulfonamides is 1. The van der Waals surface area contributed by atoms with E-state index in [1.807, 2.05) is 0 Å². The molecule has 3 rings (SSSR count). The molecule has 0 unspecified atom stereocenters. The molecule has 0 atom stereocenters. The standard InChI is InChI=1S/C16H12N2O6S/c1-10-3-2-4-13(18(20)21)16(10)25(22,23)17-12-6-7-14-11(9-12)5-8-15(19)24-14/h2-9,17H,1H3. The summed E-state index contributed by atoms with van der Waals surface area (Å²) in [6, 6.07) is 11.1. The highest BCUT2D eigenvalue weighted by Crippen LogP contribution is 2.29. The molecule has 0 aliphatic carbocycles. The van der Waals surface area contributed by atoms with Gasteiger partial charge in [0.05, 0.1) is 4.92 Å². The van der Waals surface area contributed by atoms with Crippen molar-refractivity contribution in [1.29, 1.82) is 0 Å². The Morgan fingerprint density at radius 3 is 2.60 bits per heavy atom. The summed E-state index contributed by atoms with van der Waals surface area (Å²) in [5.41, 5.74) is -0.264. The van der Waals surface area contributed by atoms with Gasteiger partial charge >= 0.3 is 5.63 Å². The van der Waals surface area contributed by atoms with E-state index in [0.29, 0.717) is 11.0 Å². The molecule has 25 heavy (non-hydrogen) atoms. The van der Waals surface area contributed by atoms with E-state index < -0.39 is 26.3 Å².